The second-order valence-corrected chi connectivity index (χ2v) is 5.64. The lowest BCUT2D eigenvalue weighted by Gasteiger charge is -2.17. The molecule has 0 radical (unpaired) electrons. The van der Waals surface area contributed by atoms with Gasteiger partial charge in [0.05, 0.1) is 6.04 Å². The van der Waals surface area contributed by atoms with Crippen molar-refractivity contribution in [1.82, 2.24) is 10.6 Å². The summed E-state index contributed by atoms with van der Waals surface area (Å²) in [4.78, 5) is 24.1. The average molecular weight is 310 g/mol. The van der Waals surface area contributed by atoms with Gasteiger partial charge in [-0.1, -0.05) is 48.5 Å². The molecule has 0 saturated carbocycles. The molecule has 0 aliphatic carbocycles. The second-order valence-electron chi connectivity index (χ2n) is 5.64. The van der Waals surface area contributed by atoms with Crippen LogP contribution in [0.5, 0.6) is 0 Å². The Balaban J connectivity index is 1.82. The molecule has 0 heterocycles. The molecule has 0 aliphatic heterocycles. The summed E-state index contributed by atoms with van der Waals surface area (Å²) in [7, 11) is 0. The molecular formula is C19H22N2O2. The fourth-order valence-corrected chi connectivity index (χ4v) is 2.35. The van der Waals surface area contributed by atoms with Gasteiger partial charge in [-0.2, -0.15) is 0 Å². The molecule has 120 valence electrons. The maximum Gasteiger partial charge on any atom is 0.251 e. The molecule has 2 aromatic rings. The van der Waals surface area contributed by atoms with E-state index in [4.69, 9.17) is 0 Å². The number of nitrogens with one attached hydrogen (secondary N) is 2. The van der Waals surface area contributed by atoms with Crippen LogP contribution in [0.4, 0.5) is 0 Å². The Labute approximate surface area is 136 Å². The third-order valence-corrected chi connectivity index (χ3v) is 3.58. The highest BCUT2D eigenvalue weighted by atomic mass is 16.2. The van der Waals surface area contributed by atoms with Crippen molar-refractivity contribution < 1.29 is 9.59 Å². The lowest BCUT2D eigenvalue weighted by molar-refractivity contribution is -0.122. The van der Waals surface area contributed by atoms with Crippen LogP contribution in [-0.2, 0) is 4.79 Å². The fraction of sp³-hybridized carbons (Fsp3) is 0.263. The maximum absolute atomic E-state index is 12.1. The van der Waals surface area contributed by atoms with Crippen LogP contribution >= 0.6 is 0 Å². The van der Waals surface area contributed by atoms with Crippen LogP contribution in [0.1, 0.15) is 42.2 Å². The van der Waals surface area contributed by atoms with Gasteiger partial charge in [0, 0.05) is 18.0 Å². The van der Waals surface area contributed by atoms with E-state index in [2.05, 4.69) is 10.6 Å². The van der Waals surface area contributed by atoms with Crippen molar-refractivity contribution in [3.8, 4) is 0 Å². The first kappa shape index (κ1) is 16.7. The lowest BCUT2D eigenvalue weighted by Crippen LogP contribution is -2.37. The zero-order valence-corrected chi connectivity index (χ0v) is 13.5. The van der Waals surface area contributed by atoms with Crippen LogP contribution in [0.3, 0.4) is 0 Å². The monoisotopic (exact) mass is 310 g/mol. The smallest absolute Gasteiger partial charge is 0.251 e. The number of carbonyl (C=O) groups excluding carboxylic acids is 2. The molecule has 0 spiro atoms. The van der Waals surface area contributed by atoms with Crippen LogP contribution in [0.15, 0.2) is 60.7 Å². The Hall–Kier alpha value is -2.62. The molecule has 0 saturated heterocycles. The number of carbonyl (C=O) groups is 2. The molecule has 2 atom stereocenters. The molecule has 0 aromatic heterocycles. The SMILES string of the molecule is C[C@@H](CC(=O)N[C@H](C)c1ccccc1)NC(=O)c1ccccc1. The minimum absolute atomic E-state index is 0.0549. The molecule has 2 amide bonds. The van der Waals surface area contributed by atoms with Crippen LogP contribution in [0.25, 0.3) is 0 Å². The van der Waals surface area contributed by atoms with Gasteiger partial charge in [0.2, 0.25) is 5.91 Å². The number of hydrogen-bond acceptors (Lipinski definition) is 2. The van der Waals surface area contributed by atoms with E-state index >= 15 is 0 Å². The lowest BCUT2D eigenvalue weighted by atomic mass is 10.1. The first-order chi connectivity index (χ1) is 11.1. The number of hydrogen-bond donors (Lipinski definition) is 2. The maximum atomic E-state index is 12.1. The summed E-state index contributed by atoms with van der Waals surface area (Å²) in [5.41, 5.74) is 1.65. The van der Waals surface area contributed by atoms with Crippen molar-refractivity contribution in [2.45, 2.75) is 32.4 Å². The first-order valence-electron chi connectivity index (χ1n) is 7.76. The van der Waals surface area contributed by atoms with E-state index < -0.39 is 0 Å². The quantitative estimate of drug-likeness (QED) is 0.861. The zero-order chi connectivity index (χ0) is 16.7. The van der Waals surface area contributed by atoms with Gasteiger partial charge in [0.1, 0.15) is 0 Å². The molecule has 4 nitrogen and oxygen atoms in total. The molecular weight excluding hydrogens is 288 g/mol. The highest BCUT2D eigenvalue weighted by molar-refractivity contribution is 5.94. The summed E-state index contributed by atoms with van der Waals surface area (Å²) in [5.74, 6) is -0.246. The van der Waals surface area contributed by atoms with Crippen LogP contribution in [0, 0.1) is 0 Å². The first-order valence-corrected chi connectivity index (χ1v) is 7.76. The number of benzene rings is 2. The molecule has 23 heavy (non-hydrogen) atoms. The Morgan fingerprint density at radius 2 is 1.43 bits per heavy atom. The van der Waals surface area contributed by atoms with Gasteiger partial charge >= 0.3 is 0 Å². The Morgan fingerprint density at radius 3 is 2.04 bits per heavy atom. The molecule has 2 rings (SSSR count). The normalized spacial score (nSPS) is 13.0. The van der Waals surface area contributed by atoms with Gasteiger partial charge in [-0.25, -0.2) is 0 Å². The minimum atomic E-state index is -0.231. The van der Waals surface area contributed by atoms with Gasteiger partial charge in [-0.3, -0.25) is 9.59 Å². The molecule has 2 N–H and O–H groups in total. The highest BCUT2D eigenvalue weighted by Gasteiger charge is 2.15. The van der Waals surface area contributed by atoms with Gasteiger partial charge in [-0.05, 0) is 31.5 Å². The average Bonchev–Trinajstić information content (AvgIpc) is 2.56. The largest absolute Gasteiger partial charge is 0.350 e. The van der Waals surface area contributed by atoms with Crippen molar-refractivity contribution in [3.05, 3.63) is 71.8 Å². The van der Waals surface area contributed by atoms with Crippen LogP contribution < -0.4 is 10.6 Å². The minimum Gasteiger partial charge on any atom is -0.350 e. The van der Waals surface area contributed by atoms with E-state index in [0.717, 1.165) is 5.56 Å². The van der Waals surface area contributed by atoms with Gasteiger partial charge in [0.25, 0.3) is 5.91 Å². The molecule has 0 aliphatic rings. The van der Waals surface area contributed by atoms with Gasteiger partial charge in [0.15, 0.2) is 0 Å². The van der Waals surface area contributed by atoms with E-state index in [1.165, 1.54) is 0 Å². The fourth-order valence-electron chi connectivity index (χ4n) is 2.35. The van der Waals surface area contributed by atoms with E-state index in [-0.39, 0.29) is 30.3 Å². The number of rotatable bonds is 6. The zero-order valence-electron chi connectivity index (χ0n) is 13.5. The van der Waals surface area contributed by atoms with Crippen LogP contribution in [-0.4, -0.2) is 17.9 Å². The van der Waals surface area contributed by atoms with E-state index in [1.54, 1.807) is 12.1 Å². The Bertz CT molecular complexity index is 641. The van der Waals surface area contributed by atoms with Crippen molar-refractivity contribution in [2.24, 2.45) is 0 Å². The predicted molar refractivity (Wildman–Crippen MR) is 91.0 cm³/mol. The van der Waals surface area contributed by atoms with Crippen molar-refractivity contribution >= 4 is 11.8 Å². The summed E-state index contributed by atoms with van der Waals surface area (Å²) in [5, 5.41) is 5.79. The topological polar surface area (TPSA) is 58.2 Å². The Kier molecular flexibility index (Phi) is 5.92. The molecule has 2 aromatic carbocycles. The van der Waals surface area contributed by atoms with Crippen molar-refractivity contribution in [3.63, 3.8) is 0 Å². The summed E-state index contributed by atoms with van der Waals surface area (Å²) in [6.45, 7) is 3.77. The van der Waals surface area contributed by atoms with E-state index in [0.29, 0.717) is 5.56 Å². The number of amides is 2. The molecule has 0 fully saturated rings. The summed E-state index contributed by atoms with van der Waals surface area (Å²) < 4.78 is 0. The van der Waals surface area contributed by atoms with Gasteiger partial charge < -0.3 is 10.6 Å². The Morgan fingerprint density at radius 1 is 0.870 bits per heavy atom. The van der Waals surface area contributed by atoms with Crippen molar-refractivity contribution in [2.75, 3.05) is 0 Å². The van der Waals surface area contributed by atoms with Crippen molar-refractivity contribution in [1.29, 1.82) is 0 Å². The summed E-state index contributed by atoms with van der Waals surface area (Å²) in [6.07, 6.45) is 0.246. The third-order valence-electron chi connectivity index (χ3n) is 3.58. The van der Waals surface area contributed by atoms with E-state index in [1.807, 2.05) is 62.4 Å². The predicted octanol–water partition coefficient (Wildman–Crippen LogP) is 3.07. The van der Waals surface area contributed by atoms with E-state index in [9.17, 15) is 9.59 Å². The van der Waals surface area contributed by atoms with Crippen LogP contribution in [0.2, 0.25) is 0 Å². The molecule has 0 unspecified atom stereocenters. The van der Waals surface area contributed by atoms with Gasteiger partial charge in [-0.15, -0.1) is 0 Å². The highest BCUT2D eigenvalue weighted by Crippen LogP contribution is 2.11. The summed E-state index contributed by atoms with van der Waals surface area (Å²) >= 11 is 0. The summed E-state index contributed by atoms with van der Waals surface area (Å²) in [6, 6.07) is 18.5. The third kappa shape index (κ3) is 5.25. The standard InChI is InChI=1S/C19H22N2O2/c1-14(20-19(23)17-11-7-4-8-12-17)13-18(22)21-15(2)16-9-5-3-6-10-16/h3-12,14-15H,13H2,1-2H3,(H,20,23)(H,21,22)/t14-,15+/m0/s1. The second kappa shape index (κ2) is 8.13. The molecule has 0 bridgehead atoms. The molecule has 4 heteroatoms.